The largest absolute Gasteiger partial charge is 0.491 e. The van der Waals surface area contributed by atoms with Crippen LogP contribution in [0.3, 0.4) is 0 Å². The first-order chi connectivity index (χ1) is 12.1. The molecule has 128 valence electrons. The van der Waals surface area contributed by atoms with Crippen molar-refractivity contribution < 1.29 is 18.8 Å². The van der Waals surface area contributed by atoms with Crippen LogP contribution in [-0.2, 0) is 0 Å². The zero-order valence-electron chi connectivity index (χ0n) is 13.5. The molecule has 0 spiro atoms. The Morgan fingerprint density at radius 1 is 1.20 bits per heavy atom. The predicted molar refractivity (Wildman–Crippen MR) is 86.7 cm³/mol. The van der Waals surface area contributed by atoms with Crippen LogP contribution in [0.4, 0.5) is 4.39 Å². The zero-order valence-corrected chi connectivity index (χ0v) is 13.5. The average Bonchev–Trinajstić information content (AvgIpc) is 2.99. The summed E-state index contributed by atoms with van der Waals surface area (Å²) in [6.07, 6.45) is 4.53. The van der Waals surface area contributed by atoms with Gasteiger partial charge in [0.2, 0.25) is 0 Å². The van der Waals surface area contributed by atoms with E-state index in [0.717, 1.165) is 24.0 Å². The van der Waals surface area contributed by atoms with E-state index < -0.39 is 0 Å². The number of aryl methyl sites for hydroxylation is 1. The maximum atomic E-state index is 14.0. The third kappa shape index (κ3) is 3.17. The van der Waals surface area contributed by atoms with Gasteiger partial charge in [0.15, 0.2) is 5.76 Å². The molecule has 3 aromatic rings. The Balaban J connectivity index is 1.36. The highest BCUT2D eigenvalue weighted by atomic mass is 19.1. The third-order valence-electron chi connectivity index (χ3n) is 4.37. The highest BCUT2D eigenvalue weighted by Gasteiger charge is 2.34. The molecule has 0 unspecified atom stereocenters. The summed E-state index contributed by atoms with van der Waals surface area (Å²) in [5, 5.41) is 12.6. The molecule has 25 heavy (non-hydrogen) atoms. The smallest absolute Gasteiger partial charge is 0.316 e. The first-order valence-electron chi connectivity index (χ1n) is 7.99. The van der Waals surface area contributed by atoms with Crippen LogP contribution in [0.1, 0.15) is 29.9 Å². The van der Waals surface area contributed by atoms with E-state index in [1.165, 1.54) is 18.5 Å². The quantitative estimate of drug-likeness (QED) is 0.781. The number of aromatic nitrogens is 3. The molecule has 2 aromatic heterocycles. The van der Waals surface area contributed by atoms with Crippen molar-refractivity contribution in [3.8, 4) is 23.2 Å². The van der Waals surface area contributed by atoms with E-state index in [1.807, 2.05) is 19.1 Å². The van der Waals surface area contributed by atoms with Crippen molar-refractivity contribution in [2.75, 3.05) is 0 Å². The lowest BCUT2D eigenvalue weighted by molar-refractivity contribution is 0.0869. The third-order valence-corrected chi connectivity index (χ3v) is 4.37. The molecule has 2 heterocycles. The summed E-state index contributed by atoms with van der Waals surface area (Å²) in [5.41, 5.74) is 2.25. The lowest BCUT2D eigenvalue weighted by Gasteiger charge is -2.35. The molecular weight excluding hydrogens is 325 g/mol. The van der Waals surface area contributed by atoms with E-state index in [0.29, 0.717) is 11.3 Å². The number of hydrogen-bond acceptors (Lipinski definition) is 6. The maximum absolute atomic E-state index is 14.0. The van der Waals surface area contributed by atoms with Gasteiger partial charge in [0, 0.05) is 18.5 Å². The van der Waals surface area contributed by atoms with E-state index in [1.54, 1.807) is 6.07 Å². The fourth-order valence-corrected chi connectivity index (χ4v) is 2.93. The molecule has 7 heteroatoms. The molecule has 0 aliphatic heterocycles. The summed E-state index contributed by atoms with van der Waals surface area (Å²) < 4.78 is 24.6. The van der Waals surface area contributed by atoms with Gasteiger partial charge in [-0.2, -0.15) is 0 Å². The van der Waals surface area contributed by atoms with E-state index in [-0.39, 0.29) is 29.7 Å². The standard InChI is InChI=1S/C18H16FN3O3/c1-10-2-3-14(15(19)4-10)11-5-13(6-11)24-18-20-8-12(9-21-18)16-7-17(23)22-25-16/h2-4,7-9,11,13H,5-6H2,1H3,(H,22,23)/t11-,13+. The molecule has 1 aliphatic rings. The number of aromatic hydroxyl groups is 1. The molecule has 1 aliphatic carbocycles. The van der Waals surface area contributed by atoms with Gasteiger partial charge in [0.1, 0.15) is 11.9 Å². The maximum Gasteiger partial charge on any atom is 0.316 e. The van der Waals surface area contributed by atoms with Crippen molar-refractivity contribution in [2.45, 2.75) is 31.8 Å². The molecule has 0 bridgehead atoms. The molecule has 0 radical (unpaired) electrons. The zero-order chi connectivity index (χ0) is 17.4. The van der Waals surface area contributed by atoms with Crippen LogP contribution in [0, 0.1) is 12.7 Å². The van der Waals surface area contributed by atoms with Crippen molar-refractivity contribution in [3.63, 3.8) is 0 Å². The minimum Gasteiger partial charge on any atom is -0.491 e. The lowest BCUT2D eigenvalue weighted by atomic mass is 9.77. The Morgan fingerprint density at radius 2 is 1.96 bits per heavy atom. The molecule has 6 nitrogen and oxygen atoms in total. The second-order valence-electron chi connectivity index (χ2n) is 6.24. The van der Waals surface area contributed by atoms with E-state index in [9.17, 15) is 9.50 Å². The summed E-state index contributed by atoms with van der Waals surface area (Å²) >= 11 is 0. The molecular formula is C18H16FN3O3. The van der Waals surface area contributed by atoms with Crippen molar-refractivity contribution >= 4 is 0 Å². The summed E-state index contributed by atoms with van der Waals surface area (Å²) in [6.45, 7) is 1.88. The monoisotopic (exact) mass is 341 g/mol. The summed E-state index contributed by atoms with van der Waals surface area (Å²) in [5.74, 6) is 0.197. The first kappa shape index (κ1) is 15.6. The number of nitrogens with zero attached hydrogens (tertiary/aromatic N) is 3. The summed E-state index contributed by atoms with van der Waals surface area (Å²) in [7, 11) is 0. The molecule has 1 fully saturated rings. The van der Waals surface area contributed by atoms with Crippen LogP contribution >= 0.6 is 0 Å². The van der Waals surface area contributed by atoms with Crippen molar-refractivity contribution in [2.24, 2.45) is 0 Å². The van der Waals surface area contributed by atoms with Crippen molar-refractivity contribution in [3.05, 3.63) is 53.6 Å². The van der Waals surface area contributed by atoms with Crippen LogP contribution < -0.4 is 4.74 Å². The molecule has 1 N–H and O–H groups in total. The van der Waals surface area contributed by atoms with E-state index in [4.69, 9.17) is 9.26 Å². The van der Waals surface area contributed by atoms with Gasteiger partial charge in [0.05, 0.1) is 5.56 Å². The minimum absolute atomic E-state index is 0.0223. The van der Waals surface area contributed by atoms with Crippen molar-refractivity contribution in [1.82, 2.24) is 15.1 Å². The second-order valence-corrected chi connectivity index (χ2v) is 6.24. The number of ether oxygens (including phenoxy) is 1. The van der Waals surface area contributed by atoms with Crippen LogP contribution in [0.5, 0.6) is 11.9 Å². The molecule has 4 rings (SSSR count). The number of halogens is 1. The van der Waals surface area contributed by atoms with Crippen LogP contribution in [-0.4, -0.2) is 26.3 Å². The molecule has 1 aromatic carbocycles. The van der Waals surface area contributed by atoms with Crippen molar-refractivity contribution in [1.29, 1.82) is 0 Å². The Labute approximate surface area is 143 Å². The fraction of sp³-hybridized carbons (Fsp3) is 0.278. The highest BCUT2D eigenvalue weighted by molar-refractivity contribution is 5.55. The Bertz CT molecular complexity index is 889. The van der Waals surface area contributed by atoms with Crippen LogP contribution in [0.2, 0.25) is 0 Å². The molecule has 1 saturated carbocycles. The Kier molecular flexibility index (Phi) is 3.83. The average molecular weight is 341 g/mol. The van der Waals surface area contributed by atoms with Crippen LogP contribution in [0.15, 0.2) is 41.2 Å². The lowest BCUT2D eigenvalue weighted by Crippen LogP contribution is -2.33. The molecule has 0 atom stereocenters. The highest BCUT2D eigenvalue weighted by Crippen LogP contribution is 2.40. The normalized spacial score (nSPS) is 19.4. The van der Waals surface area contributed by atoms with E-state index >= 15 is 0 Å². The van der Waals surface area contributed by atoms with Gasteiger partial charge in [-0.05, 0) is 48.0 Å². The fourth-order valence-electron chi connectivity index (χ4n) is 2.93. The van der Waals surface area contributed by atoms with Gasteiger partial charge in [-0.15, -0.1) is 0 Å². The molecule has 0 saturated heterocycles. The van der Waals surface area contributed by atoms with Gasteiger partial charge in [-0.1, -0.05) is 12.1 Å². The first-order valence-corrected chi connectivity index (χ1v) is 7.99. The predicted octanol–water partition coefficient (Wildman–Crippen LogP) is 3.61. The number of rotatable bonds is 4. The summed E-state index contributed by atoms with van der Waals surface area (Å²) in [6, 6.07) is 6.98. The van der Waals surface area contributed by atoms with E-state index in [2.05, 4.69) is 15.1 Å². The van der Waals surface area contributed by atoms with Gasteiger partial charge < -0.3 is 14.4 Å². The Hall–Kier alpha value is -2.96. The van der Waals surface area contributed by atoms with Gasteiger partial charge in [-0.3, -0.25) is 0 Å². The van der Waals surface area contributed by atoms with Crippen LogP contribution in [0.25, 0.3) is 11.3 Å². The summed E-state index contributed by atoms with van der Waals surface area (Å²) in [4.78, 5) is 8.27. The van der Waals surface area contributed by atoms with Gasteiger partial charge in [0.25, 0.3) is 5.88 Å². The number of hydrogen-bond donors (Lipinski definition) is 1. The molecule has 0 amide bonds. The van der Waals surface area contributed by atoms with Gasteiger partial charge >= 0.3 is 6.01 Å². The minimum atomic E-state index is -0.195. The SMILES string of the molecule is Cc1ccc([C@H]2C[C@@H](Oc3ncc(-c4cc(O)no4)cn3)C2)c(F)c1. The number of benzene rings is 1. The van der Waals surface area contributed by atoms with Gasteiger partial charge in [-0.25, -0.2) is 14.4 Å². The Morgan fingerprint density at radius 3 is 2.60 bits per heavy atom. The second kappa shape index (κ2) is 6.16. The topological polar surface area (TPSA) is 81.3 Å².